The Morgan fingerprint density at radius 2 is 0.862 bits per heavy atom. The van der Waals surface area contributed by atoms with Gasteiger partial charge in [-0.15, -0.1) is 0 Å². The van der Waals surface area contributed by atoms with Crippen molar-refractivity contribution in [3.63, 3.8) is 0 Å². The molecule has 10 aromatic carbocycles. The average molecular weight is 740 g/mol. The Labute approximate surface area is 337 Å². The van der Waals surface area contributed by atoms with Crippen LogP contribution < -0.4 is 4.90 Å². The van der Waals surface area contributed by atoms with E-state index < -0.39 is 0 Å². The van der Waals surface area contributed by atoms with Crippen molar-refractivity contribution < 1.29 is 4.42 Å². The number of benzene rings is 10. The molecular weight excluding hydrogens is 703 g/mol. The molecule has 0 saturated carbocycles. The first-order chi connectivity index (χ1) is 28.8. The van der Waals surface area contributed by atoms with Gasteiger partial charge in [0.2, 0.25) is 0 Å². The second-order valence-corrected chi connectivity index (χ2v) is 14.8. The number of para-hydroxylation sites is 3. The first-order valence-corrected chi connectivity index (χ1v) is 19.8. The summed E-state index contributed by atoms with van der Waals surface area (Å²) in [5.74, 6) is 0. The summed E-state index contributed by atoms with van der Waals surface area (Å²) in [6.07, 6.45) is 0. The maximum absolute atomic E-state index is 6.93. The molecule has 0 radical (unpaired) electrons. The molecule has 0 bridgehead atoms. The Morgan fingerprint density at radius 1 is 0.293 bits per heavy atom. The summed E-state index contributed by atoms with van der Waals surface area (Å²) in [6.45, 7) is 0. The Balaban J connectivity index is 1.19. The zero-order valence-corrected chi connectivity index (χ0v) is 31.7. The van der Waals surface area contributed by atoms with E-state index in [0.717, 1.165) is 66.8 Å². The van der Waals surface area contributed by atoms with Crippen LogP contribution in [-0.2, 0) is 0 Å². The predicted octanol–water partition coefficient (Wildman–Crippen LogP) is 16.0. The highest BCUT2D eigenvalue weighted by molar-refractivity contribution is 6.18. The molecule has 58 heavy (non-hydrogen) atoms. The summed E-state index contributed by atoms with van der Waals surface area (Å²) in [5, 5.41) is 6.99. The fourth-order valence-electron chi connectivity index (χ4n) is 8.71. The monoisotopic (exact) mass is 739 g/mol. The molecule has 1 heterocycles. The summed E-state index contributed by atoms with van der Waals surface area (Å²) in [4.78, 5) is 2.46. The molecule has 0 N–H and O–H groups in total. The fourth-order valence-corrected chi connectivity index (χ4v) is 8.71. The topological polar surface area (TPSA) is 16.4 Å². The van der Waals surface area contributed by atoms with Gasteiger partial charge >= 0.3 is 0 Å². The fraction of sp³-hybridized carbons (Fsp3) is 0. The van der Waals surface area contributed by atoms with Gasteiger partial charge in [-0.05, 0) is 85.8 Å². The second-order valence-electron chi connectivity index (χ2n) is 14.8. The van der Waals surface area contributed by atoms with Gasteiger partial charge in [0.1, 0.15) is 11.2 Å². The summed E-state index contributed by atoms with van der Waals surface area (Å²) < 4.78 is 6.93. The van der Waals surface area contributed by atoms with Crippen LogP contribution in [0.4, 0.5) is 17.1 Å². The van der Waals surface area contributed by atoms with E-state index in [0.29, 0.717) is 0 Å². The molecule has 0 amide bonds. The molecule has 0 saturated heterocycles. The van der Waals surface area contributed by atoms with Crippen molar-refractivity contribution in [2.45, 2.75) is 0 Å². The van der Waals surface area contributed by atoms with Gasteiger partial charge in [0.05, 0.1) is 22.4 Å². The number of nitrogens with zero attached hydrogens (tertiary/aromatic N) is 1. The standard InChI is InChI=1S/C56H37NO/c1-2-15-38(16-3-1)40-29-32-42(33-30-40)46-22-8-11-26-51(46)57(52-27-12-9-23-49(52)48-25-14-20-41-18-6-7-21-45(41)48)53-36-35-47(44-34-31-39-17-4-5-19-43(39)37-44)56-55(53)50-24-10-13-28-54(50)58-56/h1-37H. The lowest BCUT2D eigenvalue weighted by atomic mass is 9.94. The zero-order valence-electron chi connectivity index (χ0n) is 31.7. The summed E-state index contributed by atoms with van der Waals surface area (Å²) in [6, 6.07) is 80.7. The van der Waals surface area contributed by atoms with Gasteiger partial charge in [0.25, 0.3) is 0 Å². The quantitative estimate of drug-likeness (QED) is 0.162. The molecule has 2 heteroatoms. The number of fused-ring (bicyclic) bond motifs is 5. The molecule has 1 aromatic heterocycles. The van der Waals surface area contributed by atoms with Gasteiger partial charge < -0.3 is 9.32 Å². The van der Waals surface area contributed by atoms with Crippen molar-refractivity contribution in [3.05, 3.63) is 224 Å². The third kappa shape index (κ3) is 5.74. The number of hydrogen-bond acceptors (Lipinski definition) is 2. The molecule has 11 rings (SSSR count). The average Bonchev–Trinajstić information content (AvgIpc) is 3.70. The smallest absolute Gasteiger partial charge is 0.145 e. The highest BCUT2D eigenvalue weighted by Gasteiger charge is 2.26. The van der Waals surface area contributed by atoms with E-state index >= 15 is 0 Å². The lowest BCUT2D eigenvalue weighted by Gasteiger charge is -2.31. The summed E-state index contributed by atoms with van der Waals surface area (Å²) in [7, 11) is 0. The molecular formula is C56H37NO. The highest BCUT2D eigenvalue weighted by Crippen LogP contribution is 2.50. The molecule has 0 aliphatic rings. The van der Waals surface area contributed by atoms with Gasteiger partial charge in [-0.3, -0.25) is 0 Å². The van der Waals surface area contributed by atoms with Crippen LogP contribution in [0.15, 0.2) is 229 Å². The minimum atomic E-state index is 0.860. The Morgan fingerprint density at radius 3 is 1.69 bits per heavy atom. The predicted molar refractivity (Wildman–Crippen MR) is 245 cm³/mol. The molecule has 0 atom stereocenters. The van der Waals surface area contributed by atoms with Crippen LogP contribution in [0.2, 0.25) is 0 Å². The molecule has 11 aromatic rings. The van der Waals surface area contributed by atoms with Crippen molar-refractivity contribution >= 4 is 60.5 Å². The maximum Gasteiger partial charge on any atom is 0.145 e. The number of furan rings is 1. The van der Waals surface area contributed by atoms with Crippen LogP contribution in [0.3, 0.4) is 0 Å². The molecule has 0 aliphatic heterocycles. The van der Waals surface area contributed by atoms with E-state index in [4.69, 9.17) is 4.42 Å². The number of anilines is 3. The largest absolute Gasteiger partial charge is 0.455 e. The molecule has 0 unspecified atom stereocenters. The SMILES string of the molecule is c1ccc(-c2ccc(-c3ccccc3N(c3ccccc3-c3cccc4ccccc34)c3ccc(-c4ccc5ccccc5c4)c4oc5ccccc5c34)cc2)cc1. The van der Waals surface area contributed by atoms with Crippen molar-refractivity contribution in [3.8, 4) is 44.5 Å². The summed E-state index contributed by atoms with van der Waals surface area (Å²) >= 11 is 0. The van der Waals surface area contributed by atoms with Gasteiger partial charge in [0, 0.05) is 22.1 Å². The lowest BCUT2D eigenvalue weighted by Crippen LogP contribution is -2.13. The van der Waals surface area contributed by atoms with Crippen LogP contribution in [0.1, 0.15) is 0 Å². The van der Waals surface area contributed by atoms with Crippen molar-refractivity contribution in [1.29, 1.82) is 0 Å². The van der Waals surface area contributed by atoms with Gasteiger partial charge in [-0.25, -0.2) is 0 Å². The van der Waals surface area contributed by atoms with Crippen molar-refractivity contribution in [2.24, 2.45) is 0 Å². The normalized spacial score (nSPS) is 11.4. The van der Waals surface area contributed by atoms with Crippen LogP contribution >= 0.6 is 0 Å². The molecule has 2 nitrogen and oxygen atoms in total. The number of rotatable bonds is 7. The highest BCUT2D eigenvalue weighted by atomic mass is 16.3. The van der Waals surface area contributed by atoms with E-state index in [1.807, 2.05) is 0 Å². The maximum atomic E-state index is 6.93. The minimum absolute atomic E-state index is 0.860. The van der Waals surface area contributed by atoms with E-state index in [1.54, 1.807) is 0 Å². The van der Waals surface area contributed by atoms with Gasteiger partial charge in [-0.2, -0.15) is 0 Å². The van der Waals surface area contributed by atoms with Crippen LogP contribution in [-0.4, -0.2) is 0 Å². The molecule has 272 valence electrons. The summed E-state index contributed by atoms with van der Waals surface area (Å²) in [5.41, 5.74) is 14.1. The van der Waals surface area contributed by atoms with Gasteiger partial charge in [0.15, 0.2) is 0 Å². The van der Waals surface area contributed by atoms with E-state index in [2.05, 4.69) is 229 Å². The van der Waals surface area contributed by atoms with Crippen molar-refractivity contribution in [2.75, 3.05) is 4.90 Å². The second kappa shape index (κ2) is 14.1. The Hall–Kier alpha value is -7.68. The Bertz CT molecular complexity index is 3280. The molecule has 0 aliphatic carbocycles. The third-order valence-corrected chi connectivity index (χ3v) is 11.5. The van der Waals surface area contributed by atoms with Crippen LogP contribution in [0, 0.1) is 0 Å². The Kier molecular flexibility index (Phi) is 8.19. The van der Waals surface area contributed by atoms with E-state index in [-0.39, 0.29) is 0 Å². The van der Waals surface area contributed by atoms with Crippen LogP contribution in [0.25, 0.3) is 88.0 Å². The van der Waals surface area contributed by atoms with Gasteiger partial charge in [-0.1, -0.05) is 188 Å². The van der Waals surface area contributed by atoms with Crippen molar-refractivity contribution in [1.82, 2.24) is 0 Å². The zero-order chi connectivity index (χ0) is 38.4. The number of hydrogen-bond donors (Lipinski definition) is 0. The molecule has 0 fully saturated rings. The first-order valence-electron chi connectivity index (χ1n) is 19.8. The lowest BCUT2D eigenvalue weighted by molar-refractivity contribution is 0.670. The van der Waals surface area contributed by atoms with E-state index in [1.165, 1.54) is 38.2 Å². The van der Waals surface area contributed by atoms with Crippen LogP contribution in [0.5, 0.6) is 0 Å². The minimum Gasteiger partial charge on any atom is -0.455 e. The van der Waals surface area contributed by atoms with E-state index in [9.17, 15) is 0 Å². The molecule has 0 spiro atoms. The third-order valence-electron chi connectivity index (χ3n) is 11.5. The first kappa shape index (κ1) is 33.6.